The van der Waals surface area contributed by atoms with Gasteiger partial charge in [0.1, 0.15) is 12.3 Å². The fourth-order valence-electron chi connectivity index (χ4n) is 1.37. The third-order valence-corrected chi connectivity index (χ3v) is 2.59. The van der Waals surface area contributed by atoms with Crippen LogP contribution in [-0.2, 0) is 6.54 Å². The van der Waals surface area contributed by atoms with E-state index in [1.165, 1.54) is 12.0 Å². The zero-order valence-electron chi connectivity index (χ0n) is 8.72. The highest BCUT2D eigenvalue weighted by Crippen LogP contribution is 2.21. The Morgan fingerprint density at radius 3 is 2.86 bits per heavy atom. The summed E-state index contributed by atoms with van der Waals surface area (Å²) in [5.41, 5.74) is 1.25. The van der Waals surface area contributed by atoms with Crippen LogP contribution < -0.4 is 10.1 Å². The molecular formula is C11H17BrNO+. The summed E-state index contributed by atoms with van der Waals surface area (Å²) >= 11 is 3.47. The number of rotatable bonds is 5. The van der Waals surface area contributed by atoms with Crippen molar-refractivity contribution in [2.24, 2.45) is 0 Å². The summed E-state index contributed by atoms with van der Waals surface area (Å²) in [6, 6.07) is 6.12. The standard InChI is InChI=1S/C11H16BrNO/c1-3-6-13-8-9-7-10(12)4-5-11(9)14-2/h4-5,7,13H,3,6,8H2,1-2H3/p+1. The van der Waals surface area contributed by atoms with E-state index in [2.05, 4.69) is 34.2 Å². The lowest BCUT2D eigenvalue weighted by molar-refractivity contribution is -0.670. The fourth-order valence-corrected chi connectivity index (χ4v) is 1.78. The molecule has 3 heteroatoms. The molecule has 0 fully saturated rings. The van der Waals surface area contributed by atoms with Crippen LogP contribution in [-0.4, -0.2) is 13.7 Å². The van der Waals surface area contributed by atoms with Gasteiger partial charge in [-0.2, -0.15) is 0 Å². The molecule has 1 rings (SSSR count). The summed E-state index contributed by atoms with van der Waals surface area (Å²) in [5.74, 6) is 0.973. The number of quaternary nitrogens is 1. The van der Waals surface area contributed by atoms with Crippen LogP contribution in [0.3, 0.4) is 0 Å². The van der Waals surface area contributed by atoms with Crippen LogP contribution >= 0.6 is 15.9 Å². The van der Waals surface area contributed by atoms with Gasteiger partial charge in [0.2, 0.25) is 0 Å². The Kier molecular flexibility index (Phi) is 4.98. The SMILES string of the molecule is CCC[NH2+]Cc1cc(Br)ccc1OC. The predicted octanol–water partition coefficient (Wildman–Crippen LogP) is 1.93. The molecule has 0 aliphatic carbocycles. The summed E-state index contributed by atoms with van der Waals surface area (Å²) in [6.45, 7) is 4.33. The molecular weight excluding hydrogens is 242 g/mol. The van der Waals surface area contributed by atoms with Crippen LogP contribution in [0.15, 0.2) is 22.7 Å². The van der Waals surface area contributed by atoms with Crippen molar-refractivity contribution in [2.75, 3.05) is 13.7 Å². The average molecular weight is 259 g/mol. The molecule has 0 spiro atoms. The summed E-state index contributed by atoms with van der Waals surface area (Å²) in [4.78, 5) is 0. The Bertz CT molecular complexity index is 289. The van der Waals surface area contributed by atoms with E-state index < -0.39 is 0 Å². The monoisotopic (exact) mass is 258 g/mol. The molecule has 0 heterocycles. The van der Waals surface area contributed by atoms with Gasteiger partial charge < -0.3 is 10.1 Å². The molecule has 0 saturated heterocycles. The summed E-state index contributed by atoms with van der Waals surface area (Å²) in [5, 5.41) is 2.30. The van der Waals surface area contributed by atoms with Gasteiger partial charge in [0, 0.05) is 10.0 Å². The molecule has 0 aromatic heterocycles. The Hall–Kier alpha value is -0.540. The summed E-state index contributed by atoms with van der Waals surface area (Å²) < 4.78 is 6.40. The van der Waals surface area contributed by atoms with Crippen molar-refractivity contribution in [3.8, 4) is 5.75 Å². The Labute approximate surface area is 93.8 Å². The van der Waals surface area contributed by atoms with Gasteiger partial charge in [-0.3, -0.25) is 0 Å². The Morgan fingerprint density at radius 1 is 1.43 bits per heavy atom. The number of ether oxygens (including phenoxy) is 1. The minimum absolute atomic E-state index is 0.973. The third kappa shape index (κ3) is 3.31. The van der Waals surface area contributed by atoms with Crippen LogP contribution in [0.4, 0.5) is 0 Å². The topological polar surface area (TPSA) is 25.8 Å². The fraction of sp³-hybridized carbons (Fsp3) is 0.455. The molecule has 14 heavy (non-hydrogen) atoms. The van der Waals surface area contributed by atoms with E-state index in [4.69, 9.17) is 4.74 Å². The molecule has 2 N–H and O–H groups in total. The largest absolute Gasteiger partial charge is 0.496 e. The van der Waals surface area contributed by atoms with Gasteiger partial charge in [0.25, 0.3) is 0 Å². The minimum atomic E-state index is 0.973. The van der Waals surface area contributed by atoms with Crippen LogP contribution in [0.2, 0.25) is 0 Å². The van der Waals surface area contributed by atoms with Crippen molar-refractivity contribution < 1.29 is 10.1 Å². The average Bonchev–Trinajstić information content (AvgIpc) is 2.19. The number of halogens is 1. The van der Waals surface area contributed by atoms with E-state index in [0.717, 1.165) is 23.3 Å². The first-order valence-corrected chi connectivity index (χ1v) is 5.71. The van der Waals surface area contributed by atoms with Crippen molar-refractivity contribution in [3.05, 3.63) is 28.2 Å². The van der Waals surface area contributed by atoms with Gasteiger partial charge in [0.05, 0.1) is 13.7 Å². The maximum atomic E-state index is 5.29. The molecule has 1 aromatic carbocycles. The van der Waals surface area contributed by atoms with E-state index in [-0.39, 0.29) is 0 Å². The van der Waals surface area contributed by atoms with Crippen molar-refractivity contribution in [2.45, 2.75) is 19.9 Å². The van der Waals surface area contributed by atoms with Crippen LogP contribution in [0.25, 0.3) is 0 Å². The molecule has 0 atom stereocenters. The van der Waals surface area contributed by atoms with E-state index in [1.807, 2.05) is 12.1 Å². The predicted molar refractivity (Wildman–Crippen MR) is 61.5 cm³/mol. The number of hydrogen-bond donors (Lipinski definition) is 1. The lowest BCUT2D eigenvalue weighted by Crippen LogP contribution is -2.82. The van der Waals surface area contributed by atoms with E-state index in [1.54, 1.807) is 7.11 Å². The first-order chi connectivity index (χ1) is 6.77. The maximum absolute atomic E-state index is 5.29. The summed E-state index contributed by atoms with van der Waals surface area (Å²) in [6.07, 6.45) is 1.20. The first kappa shape index (κ1) is 11.5. The van der Waals surface area contributed by atoms with E-state index >= 15 is 0 Å². The smallest absolute Gasteiger partial charge is 0.127 e. The molecule has 78 valence electrons. The molecule has 0 radical (unpaired) electrons. The molecule has 0 aliphatic heterocycles. The van der Waals surface area contributed by atoms with Gasteiger partial charge >= 0.3 is 0 Å². The van der Waals surface area contributed by atoms with Gasteiger partial charge in [0.15, 0.2) is 0 Å². The molecule has 0 bridgehead atoms. The first-order valence-electron chi connectivity index (χ1n) is 4.92. The van der Waals surface area contributed by atoms with Gasteiger partial charge in [-0.25, -0.2) is 0 Å². The quantitative estimate of drug-likeness (QED) is 0.803. The second kappa shape index (κ2) is 6.04. The summed E-state index contributed by atoms with van der Waals surface area (Å²) in [7, 11) is 1.71. The normalized spacial score (nSPS) is 10.2. The van der Waals surface area contributed by atoms with Crippen molar-refractivity contribution in [3.63, 3.8) is 0 Å². The minimum Gasteiger partial charge on any atom is -0.496 e. The van der Waals surface area contributed by atoms with Crippen LogP contribution in [0.5, 0.6) is 5.75 Å². The number of benzene rings is 1. The second-order valence-corrected chi connectivity index (χ2v) is 4.15. The van der Waals surface area contributed by atoms with Gasteiger partial charge in [-0.05, 0) is 24.6 Å². The Morgan fingerprint density at radius 2 is 2.21 bits per heavy atom. The number of methoxy groups -OCH3 is 1. The molecule has 0 amide bonds. The molecule has 0 aliphatic rings. The van der Waals surface area contributed by atoms with Crippen LogP contribution in [0.1, 0.15) is 18.9 Å². The highest BCUT2D eigenvalue weighted by Gasteiger charge is 2.04. The molecule has 2 nitrogen and oxygen atoms in total. The van der Waals surface area contributed by atoms with Gasteiger partial charge in [-0.1, -0.05) is 22.9 Å². The zero-order chi connectivity index (χ0) is 10.4. The van der Waals surface area contributed by atoms with E-state index in [9.17, 15) is 0 Å². The lowest BCUT2D eigenvalue weighted by atomic mass is 10.2. The van der Waals surface area contributed by atoms with Crippen LogP contribution in [0, 0.1) is 0 Å². The molecule has 0 unspecified atom stereocenters. The van der Waals surface area contributed by atoms with Gasteiger partial charge in [-0.15, -0.1) is 0 Å². The lowest BCUT2D eigenvalue weighted by Gasteiger charge is -2.07. The second-order valence-electron chi connectivity index (χ2n) is 3.24. The van der Waals surface area contributed by atoms with Crippen molar-refractivity contribution >= 4 is 15.9 Å². The highest BCUT2D eigenvalue weighted by molar-refractivity contribution is 9.10. The molecule has 0 saturated carbocycles. The Balaban J connectivity index is 2.67. The van der Waals surface area contributed by atoms with Crippen molar-refractivity contribution in [1.29, 1.82) is 0 Å². The maximum Gasteiger partial charge on any atom is 0.127 e. The van der Waals surface area contributed by atoms with Crippen molar-refractivity contribution in [1.82, 2.24) is 0 Å². The number of nitrogens with two attached hydrogens (primary N) is 1. The van der Waals surface area contributed by atoms with E-state index in [0.29, 0.717) is 0 Å². The number of hydrogen-bond acceptors (Lipinski definition) is 1. The molecule has 1 aromatic rings. The highest BCUT2D eigenvalue weighted by atomic mass is 79.9. The zero-order valence-corrected chi connectivity index (χ0v) is 10.3. The third-order valence-electron chi connectivity index (χ3n) is 2.10.